The zero-order valence-electron chi connectivity index (χ0n) is 25.9. The third-order valence-electron chi connectivity index (χ3n) is 6.76. The van der Waals surface area contributed by atoms with Crippen LogP contribution in [0.2, 0.25) is 5.02 Å². The van der Waals surface area contributed by atoms with Crippen molar-refractivity contribution in [2.75, 3.05) is 34.0 Å². The minimum Gasteiger partial charge on any atom is -0.484 e. The van der Waals surface area contributed by atoms with Crippen LogP contribution in [0.3, 0.4) is 0 Å². The van der Waals surface area contributed by atoms with Crippen LogP contribution in [-0.4, -0.2) is 53.4 Å². The van der Waals surface area contributed by atoms with Crippen molar-refractivity contribution in [1.29, 1.82) is 0 Å². The van der Waals surface area contributed by atoms with Crippen LogP contribution in [0.25, 0.3) is 0 Å². The quantitative estimate of drug-likeness (QED) is 0.156. The number of carbonyl (C=O) groups excluding carboxylic acids is 2. The molecule has 0 unspecified atom stereocenters. The van der Waals surface area contributed by atoms with E-state index in [0.29, 0.717) is 28.5 Å². The van der Waals surface area contributed by atoms with Gasteiger partial charge in [-0.3, -0.25) is 10.1 Å². The second kappa shape index (κ2) is 17.2. The first-order chi connectivity index (χ1) is 22.1. The average Bonchev–Trinajstić information content (AvgIpc) is 3.40. The first-order valence-corrected chi connectivity index (χ1v) is 15.9. The summed E-state index contributed by atoms with van der Waals surface area (Å²) in [6.07, 6.45) is 2.29. The predicted octanol–water partition coefficient (Wildman–Crippen LogP) is 8.33. The number of benzene rings is 2. The number of rotatable bonds is 10. The average molecular weight is 702 g/mol. The fraction of sp³-hybridized carbons (Fsp3) is 0.419. The molecule has 1 heterocycles. The summed E-state index contributed by atoms with van der Waals surface area (Å²) in [5.74, 6) is -2.93. The third kappa shape index (κ3) is 12.2. The van der Waals surface area contributed by atoms with Gasteiger partial charge in [0.25, 0.3) is 5.91 Å². The molecule has 0 aliphatic heterocycles. The van der Waals surface area contributed by atoms with Gasteiger partial charge in [-0.25, -0.2) is 19.0 Å². The van der Waals surface area contributed by atoms with E-state index in [1.807, 2.05) is 13.0 Å². The Morgan fingerprint density at radius 3 is 2.30 bits per heavy atom. The smallest absolute Gasteiger partial charge is 0.484 e. The molecule has 0 saturated heterocycles. The highest BCUT2D eigenvalue weighted by molar-refractivity contribution is 7.15. The monoisotopic (exact) mass is 701 g/mol. The molecule has 0 spiro atoms. The summed E-state index contributed by atoms with van der Waals surface area (Å²) in [6, 6.07) is 9.20. The normalized spacial score (nSPS) is 13.3. The number of hydrogen-bond acceptors (Lipinski definition) is 7. The van der Waals surface area contributed by atoms with Gasteiger partial charge in [0.05, 0.1) is 17.1 Å². The zero-order chi connectivity index (χ0) is 34.7. The van der Waals surface area contributed by atoms with Crippen LogP contribution in [-0.2, 0) is 9.59 Å². The largest absolute Gasteiger partial charge is 0.490 e. The van der Waals surface area contributed by atoms with Crippen LogP contribution in [0, 0.1) is 18.7 Å². The van der Waals surface area contributed by atoms with E-state index in [4.69, 9.17) is 26.2 Å². The number of hydrogen-bond donors (Lipinski definition) is 4. The van der Waals surface area contributed by atoms with E-state index in [1.165, 1.54) is 29.9 Å². The molecule has 0 bridgehead atoms. The summed E-state index contributed by atoms with van der Waals surface area (Å²) < 4.78 is 51.9. The van der Waals surface area contributed by atoms with Gasteiger partial charge in [0, 0.05) is 34.7 Å². The minimum absolute atomic E-state index is 0.0104. The maximum absolute atomic E-state index is 14.3. The number of carbonyl (C=O) groups is 3. The molecule has 3 amide bonds. The number of aryl methyl sites for hydroxylation is 1. The molecule has 4 N–H and O–H groups in total. The summed E-state index contributed by atoms with van der Waals surface area (Å²) in [6.45, 7) is 6.83. The van der Waals surface area contributed by atoms with Gasteiger partial charge in [0.2, 0.25) is 0 Å². The lowest BCUT2D eigenvalue weighted by Gasteiger charge is -2.38. The summed E-state index contributed by atoms with van der Waals surface area (Å²) in [5, 5.41) is 16.0. The highest BCUT2D eigenvalue weighted by Crippen LogP contribution is 2.36. The third-order valence-corrected chi connectivity index (χ3v) is 7.83. The lowest BCUT2D eigenvalue weighted by atomic mass is 9.93. The Morgan fingerprint density at radius 2 is 1.72 bits per heavy atom. The van der Waals surface area contributed by atoms with Crippen LogP contribution in [0.4, 0.5) is 44.5 Å². The van der Waals surface area contributed by atoms with Crippen LogP contribution < -0.4 is 25.6 Å². The molecular formula is C31H36ClF4N5O5S. The van der Waals surface area contributed by atoms with Crippen LogP contribution >= 0.6 is 22.9 Å². The molecule has 1 aliphatic rings. The molecule has 4 rings (SSSR count). The lowest BCUT2D eigenvalue weighted by molar-refractivity contribution is -0.192. The van der Waals surface area contributed by atoms with Gasteiger partial charge in [-0.05, 0) is 56.0 Å². The standard InChI is InChI=1S/C29H35ClFN5O3S.C2HF3O2/c1-18(2)16-36(21-7-5-4-6-8-21)26-12-10-22(39-17-27(37)35-29-32-15-19(3)40-29)14-25(26)34-28(38)33-24-11-9-20(30)13-23(24)31;3-2(4,5)1(6)7/h9-15,18,21H,4-8,16-17H2,1-3H3,(H,32,35,37)(H2,33,34,38);(H,6,7). The van der Waals surface area contributed by atoms with Gasteiger partial charge >= 0.3 is 18.2 Å². The molecule has 16 heteroatoms. The first-order valence-electron chi connectivity index (χ1n) is 14.7. The zero-order valence-corrected chi connectivity index (χ0v) is 27.5. The van der Waals surface area contributed by atoms with Crippen molar-refractivity contribution in [3.8, 4) is 5.75 Å². The lowest BCUT2D eigenvalue weighted by Crippen LogP contribution is -2.40. The summed E-state index contributed by atoms with van der Waals surface area (Å²) in [4.78, 5) is 41.8. The molecule has 3 aromatic rings. The molecule has 2 aromatic carbocycles. The Balaban J connectivity index is 0.000000771. The maximum atomic E-state index is 14.3. The number of thiazole rings is 1. The van der Waals surface area contributed by atoms with Crippen molar-refractivity contribution < 1.29 is 41.8 Å². The number of nitrogens with one attached hydrogen (secondary N) is 3. The highest BCUT2D eigenvalue weighted by Gasteiger charge is 2.38. The molecule has 1 saturated carbocycles. The van der Waals surface area contributed by atoms with E-state index >= 15 is 0 Å². The molecule has 47 heavy (non-hydrogen) atoms. The second-order valence-electron chi connectivity index (χ2n) is 11.1. The molecule has 1 aliphatic carbocycles. The van der Waals surface area contributed by atoms with Gasteiger partial charge in [0.15, 0.2) is 11.7 Å². The molecule has 256 valence electrons. The van der Waals surface area contributed by atoms with E-state index < -0.39 is 24.0 Å². The summed E-state index contributed by atoms with van der Waals surface area (Å²) in [7, 11) is 0. The number of ether oxygens (including phenoxy) is 1. The van der Waals surface area contributed by atoms with E-state index in [-0.39, 0.29) is 23.2 Å². The summed E-state index contributed by atoms with van der Waals surface area (Å²) >= 11 is 7.23. The van der Waals surface area contributed by atoms with Crippen molar-refractivity contribution in [2.24, 2.45) is 5.92 Å². The molecule has 1 fully saturated rings. The van der Waals surface area contributed by atoms with E-state index in [0.717, 1.165) is 48.9 Å². The van der Waals surface area contributed by atoms with Crippen molar-refractivity contribution in [2.45, 2.75) is 65.1 Å². The number of urea groups is 1. The number of halogens is 5. The summed E-state index contributed by atoms with van der Waals surface area (Å²) in [5.41, 5.74) is 1.37. The number of aromatic nitrogens is 1. The fourth-order valence-electron chi connectivity index (χ4n) is 4.77. The van der Waals surface area contributed by atoms with Crippen LogP contribution in [0.1, 0.15) is 50.8 Å². The molecule has 10 nitrogen and oxygen atoms in total. The Labute approximate surface area is 278 Å². The first kappa shape index (κ1) is 37.3. The minimum atomic E-state index is -5.08. The van der Waals surface area contributed by atoms with Crippen LogP contribution in [0.15, 0.2) is 42.6 Å². The molecular weight excluding hydrogens is 666 g/mol. The Kier molecular flexibility index (Phi) is 13.6. The number of carboxylic acid groups (broad SMARTS) is 1. The topological polar surface area (TPSA) is 133 Å². The SMILES string of the molecule is Cc1cnc(NC(=O)COc2ccc(N(CC(C)C)C3CCCCC3)c(NC(=O)Nc3ccc(Cl)cc3F)c2)s1.O=C(O)C(F)(F)F. The number of alkyl halides is 3. The van der Waals surface area contributed by atoms with Crippen molar-refractivity contribution in [3.63, 3.8) is 0 Å². The van der Waals surface area contributed by atoms with E-state index in [1.54, 1.807) is 18.3 Å². The van der Waals surface area contributed by atoms with Crippen molar-refractivity contribution in [1.82, 2.24) is 4.98 Å². The number of amides is 3. The fourth-order valence-corrected chi connectivity index (χ4v) is 5.61. The van der Waals surface area contributed by atoms with Gasteiger partial charge in [-0.1, -0.05) is 44.7 Å². The Hall–Kier alpha value is -4.11. The van der Waals surface area contributed by atoms with Gasteiger partial charge in [-0.15, -0.1) is 11.3 Å². The maximum Gasteiger partial charge on any atom is 0.490 e. The Bertz CT molecular complexity index is 1530. The van der Waals surface area contributed by atoms with Crippen LogP contribution in [0.5, 0.6) is 5.75 Å². The van der Waals surface area contributed by atoms with Crippen molar-refractivity contribution >= 4 is 63.0 Å². The van der Waals surface area contributed by atoms with E-state index in [2.05, 4.69) is 39.7 Å². The number of aliphatic carboxylic acids is 1. The number of carboxylic acids is 1. The number of nitrogens with zero attached hydrogens (tertiary/aromatic N) is 2. The Morgan fingerprint density at radius 1 is 1.06 bits per heavy atom. The highest BCUT2D eigenvalue weighted by atomic mass is 35.5. The van der Waals surface area contributed by atoms with Gasteiger partial charge in [-0.2, -0.15) is 13.2 Å². The molecule has 1 aromatic heterocycles. The van der Waals surface area contributed by atoms with E-state index in [9.17, 15) is 27.2 Å². The second-order valence-corrected chi connectivity index (χ2v) is 12.8. The van der Waals surface area contributed by atoms with Gasteiger partial charge in [0.1, 0.15) is 11.6 Å². The van der Waals surface area contributed by atoms with Crippen molar-refractivity contribution in [3.05, 3.63) is 58.3 Å². The predicted molar refractivity (Wildman–Crippen MR) is 174 cm³/mol. The van der Waals surface area contributed by atoms with Gasteiger partial charge < -0.3 is 25.4 Å². The molecule has 0 atom stereocenters. The number of anilines is 4. The molecule has 0 radical (unpaired) electrons.